The van der Waals surface area contributed by atoms with Crippen LogP contribution in [-0.4, -0.2) is 97.5 Å². The molecule has 6 aromatic rings. The highest BCUT2D eigenvalue weighted by molar-refractivity contribution is 5.90. The van der Waals surface area contributed by atoms with Crippen LogP contribution in [0.3, 0.4) is 0 Å². The molecular formula is C38H32O18. The van der Waals surface area contributed by atoms with Gasteiger partial charge >= 0.3 is 0 Å². The second kappa shape index (κ2) is 14.5. The van der Waals surface area contributed by atoms with Crippen LogP contribution in [0.4, 0.5) is 0 Å². The van der Waals surface area contributed by atoms with Crippen LogP contribution in [-0.2, 0) is 4.74 Å². The van der Waals surface area contributed by atoms with Crippen molar-refractivity contribution in [2.45, 2.75) is 30.7 Å². The van der Waals surface area contributed by atoms with Gasteiger partial charge in [-0.05, 0) is 36.4 Å². The van der Waals surface area contributed by atoms with Crippen molar-refractivity contribution in [2.24, 2.45) is 0 Å². The van der Waals surface area contributed by atoms with Gasteiger partial charge in [-0.1, -0.05) is 0 Å². The van der Waals surface area contributed by atoms with Crippen molar-refractivity contribution in [1.29, 1.82) is 0 Å². The van der Waals surface area contributed by atoms with Crippen LogP contribution in [0, 0.1) is 0 Å². The molecule has 5 atom stereocenters. The van der Waals surface area contributed by atoms with Crippen LogP contribution in [0.5, 0.6) is 57.5 Å². The third kappa shape index (κ3) is 6.46. The Morgan fingerprint density at radius 1 is 0.607 bits per heavy atom. The minimum atomic E-state index is -1.95. The monoisotopic (exact) mass is 776 g/mol. The lowest BCUT2D eigenvalue weighted by Crippen LogP contribution is -2.60. The van der Waals surface area contributed by atoms with Gasteiger partial charge in [-0.15, -0.1) is 0 Å². The summed E-state index contributed by atoms with van der Waals surface area (Å²) in [6.45, 7) is -0.803. The average Bonchev–Trinajstić information content (AvgIpc) is 3.16. The highest BCUT2D eigenvalue weighted by Crippen LogP contribution is 2.44. The molecule has 0 amide bonds. The van der Waals surface area contributed by atoms with Crippen molar-refractivity contribution < 1.29 is 78.5 Å². The molecule has 4 aromatic carbocycles. The number of methoxy groups -OCH3 is 2. The van der Waals surface area contributed by atoms with E-state index in [4.69, 9.17) is 32.5 Å². The maximum Gasteiger partial charge on any atom is 0.239 e. The van der Waals surface area contributed by atoms with Crippen LogP contribution >= 0.6 is 0 Å². The zero-order chi connectivity index (χ0) is 40.2. The Labute approximate surface area is 313 Å². The Balaban J connectivity index is 1.38. The molecule has 0 aliphatic carbocycles. The smallest absolute Gasteiger partial charge is 0.239 e. The quantitative estimate of drug-likeness (QED) is 0.102. The molecular weight excluding hydrogens is 744 g/mol. The van der Waals surface area contributed by atoms with Crippen molar-refractivity contribution in [3.05, 3.63) is 81.1 Å². The molecule has 0 radical (unpaired) electrons. The van der Waals surface area contributed by atoms with E-state index in [1.165, 1.54) is 50.6 Å². The lowest BCUT2D eigenvalue weighted by Gasteiger charge is -2.39. The van der Waals surface area contributed by atoms with Crippen molar-refractivity contribution in [3.8, 4) is 80.1 Å². The summed E-state index contributed by atoms with van der Waals surface area (Å²) in [4.78, 5) is 27.9. The van der Waals surface area contributed by atoms with Gasteiger partial charge in [0, 0.05) is 35.4 Å². The summed E-state index contributed by atoms with van der Waals surface area (Å²) in [7, 11) is 2.55. The fourth-order valence-corrected chi connectivity index (χ4v) is 6.22. The van der Waals surface area contributed by atoms with Gasteiger partial charge in [-0.25, -0.2) is 0 Å². The van der Waals surface area contributed by atoms with E-state index < -0.39 is 88.1 Å². The largest absolute Gasteiger partial charge is 0.508 e. The van der Waals surface area contributed by atoms with Crippen LogP contribution in [0.25, 0.3) is 44.6 Å². The topological polar surface area (TPSA) is 289 Å². The molecule has 5 unspecified atom stereocenters. The van der Waals surface area contributed by atoms with Gasteiger partial charge in [-0.2, -0.15) is 0 Å². The minimum Gasteiger partial charge on any atom is -0.508 e. The Hall–Kier alpha value is -6.70. The first-order valence-corrected chi connectivity index (χ1v) is 16.5. The third-order valence-corrected chi connectivity index (χ3v) is 9.00. The molecule has 56 heavy (non-hydrogen) atoms. The molecule has 18 nitrogen and oxygen atoms in total. The van der Waals surface area contributed by atoms with Gasteiger partial charge in [0.25, 0.3) is 0 Å². The second-order valence-electron chi connectivity index (χ2n) is 12.5. The summed E-state index contributed by atoms with van der Waals surface area (Å²) in [5.41, 5.74) is -2.24. The summed E-state index contributed by atoms with van der Waals surface area (Å²) < 4.78 is 40.1. The van der Waals surface area contributed by atoms with E-state index in [0.29, 0.717) is 0 Å². The number of ether oxygens (including phenoxy) is 5. The SMILES string of the molecule is COc1cc(-c2oc3cc(O)cc(O)c3c(=O)c2Oc2ccc(-c3oc4cc(O)cc(O)c4c(=O)c3OC3OC(CO)C(O)C(O)C3O)cc2OC)ccc1O. The molecule has 2 aromatic heterocycles. The van der Waals surface area contributed by atoms with Crippen LogP contribution in [0.1, 0.15) is 0 Å². The number of hydrogen-bond acceptors (Lipinski definition) is 18. The third-order valence-electron chi connectivity index (χ3n) is 9.00. The van der Waals surface area contributed by atoms with Gasteiger partial charge in [-0.3, -0.25) is 9.59 Å². The summed E-state index contributed by atoms with van der Waals surface area (Å²) >= 11 is 0. The number of benzene rings is 4. The zero-order valence-electron chi connectivity index (χ0n) is 29.1. The first kappa shape index (κ1) is 37.6. The van der Waals surface area contributed by atoms with Gasteiger partial charge < -0.3 is 78.5 Å². The summed E-state index contributed by atoms with van der Waals surface area (Å²) in [6.07, 6.45) is -8.85. The molecule has 1 aliphatic rings. The van der Waals surface area contributed by atoms with E-state index in [2.05, 4.69) is 0 Å². The fraction of sp³-hybridized carbons (Fsp3) is 0.211. The fourth-order valence-electron chi connectivity index (χ4n) is 6.22. The maximum atomic E-state index is 14.0. The van der Waals surface area contributed by atoms with E-state index in [9.17, 15) is 55.5 Å². The Morgan fingerprint density at radius 2 is 1.14 bits per heavy atom. The number of aromatic hydroxyl groups is 5. The zero-order valence-corrected chi connectivity index (χ0v) is 29.1. The molecule has 1 fully saturated rings. The molecule has 0 spiro atoms. The summed E-state index contributed by atoms with van der Waals surface area (Å²) in [6, 6.07) is 11.9. The number of hydrogen-bond donors (Lipinski definition) is 9. The van der Waals surface area contributed by atoms with Crippen LogP contribution < -0.4 is 29.8 Å². The van der Waals surface area contributed by atoms with E-state index >= 15 is 0 Å². The van der Waals surface area contributed by atoms with Gasteiger partial charge in [0.1, 0.15) is 69.4 Å². The minimum absolute atomic E-state index is 0.0112. The molecule has 1 saturated heterocycles. The van der Waals surface area contributed by atoms with E-state index in [1.54, 1.807) is 0 Å². The molecule has 3 heterocycles. The van der Waals surface area contributed by atoms with Gasteiger partial charge in [0.15, 0.2) is 34.5 Å². The summed E-state index contributed by atoms with van der Waals surface area (Å²) in [5.74, 6) is -4.41. The predicted octanol–water partition coefficient (Wildman–Crippen LogP) is 2.75. The number of phenolic OH excluding ortho intramolecular Hbond substituents is 5. The molecule has 1 aliphatic heterocycles. The van der Waals surface area contributed by atoms with Crippen molar-refractivity contribution in [1.82, 2.24) is 0 Å². The molecule has 18 heteroatoms. The molecule has 7 rings (SSSR count). The number of aliphatic hydroxyl groups excluding tert-OH is 4. The standard InChI is InChI=1S/C38H32O18/c1-50-22-7-14(3-5-18(22)42)34-36(30(46)27-19(43)9-16(40)11-24(27)53-34)52-21-6-4-15(8-23(21)51-2)35-37(31(47)28-20(44)10-17(41)12-25(28)54-35)56-38-33(49)32(48)29(45)26(13-39)55-38/h3-12,26,29,32-33,38-45,48-49H,13H2,1-2H3. The Kier molecular flexibility index (Phi) is 9.74. The number of fused-ring (bicyclic) bond motifs is 2. The highest BCUT2D eigenvalue weighted by Gasteiger charge is 2.45. The van der Waals surface area contributed by atoms with Crippen LogP contribution in [0.15, 0.2) is 79.1 Å². The first-order valence-electron chi connectivity index (χ1n) is 16.5. The van der Waals surface area contributed by atoms with Gasteiger partial charge in [0.2, 0.25) is 28.6 Å². The molecule has 0 bridgehead atoms. The lowest BCUT2D eigenvalue weighted by molar-refractivity contribution is -0.277. The number of phenols is 5. The molecule has 9 N–H and O–H groups in total. The summed E-state index contributed by atoms with van der Waals surface area (Å²) in [5, 5.41) is 91.9. The van der Waals surface area contributed by atoms with E-state index in [0.717, 1.165) is 24.3 Å². The Morgan fingerprint density at radius 3 is 1.71 bits per heavy atom. The lowest BCUT2D eigenvalue weighted by atomic mass is 9.99. The average molecular weight is 777 g/mol. The van der Waals surface area contributed by atoms with Gasteiger partial charge in [0.05, 0.1) is 20.8 Å². The van der Waals surface area contributed by atoms with E-state index in [1.807, 2.05) is 0 Å². The highest BCUT2D eigenvalue weighted by atomic mass is 16.7. The normalized spacial score (nSPS) is 19.6. The second-order valence-corrected chi connectivity index (χ2v) is 12.5. The molecule has 292 valence electrons. The van der Waals surface area contributed by atoms with Crippen molar-refractivity contribution in [3.63, 3.8) is 0 Å². The number of rotatable bonds is 9. The van der Waals surface area contributed by atoms with Crippen LogP contribution in [0.2, 0.25) is 0 Å². The maximum absolute atomic E-state index is 14.0. The van der Waals surface area contributed by atoms with Crippen molar-refractivity contribution in [2.75, 3.05) is 20.8 Å². The Bertz CT molecular complexity index is 2610. The molecule has 0 saturated carbocycles. The first-order chi connectivity index (χ1) is 26.7. The predicted molar refractivity (Wildman–Crippen MR) is 192 cm³/mol. The number of aliphatic hydroxyl groups is 4. The van der Waals surface area contributed by atoms with Crippen molar-refractivity contribution >= 4 is 21.9 Å². The van der Waals surface area contributed by atoms with E-state index in [-0.39, 0.29) is 62.2 Å².